The number of aliphatic hydroxyl groups is 1. The molecule has 2 nitrogen and oxygen atoms in total. The van der Waals surface area contributed by atoms with Crippen LogP contribution in [0, 0.1) is 0 Å². The largest absolute Gasteiger partial charge is 0.396 e. The molecule has 14 heavy (non-hydrogen) atoms. The molecule has 2 rings (SSSR count). The summed E-state index contributed by atoms with van der Waals surface area (Å²) < 4.78 is 0. The first-order chi connectivity index (χ1) is 6.90. The van der Waals surface area contributed by atoms with Crippen LogP contribution in [-0.2, 0) is 6.54 Å². The van der Waals surface area contributed by atoms with Crippen molar-refractivity contribution in [3.63, 3.8) is 0 Å². The molecule has 0 spiro atoms. The third-order valence-electron chi connectivity index (χ3n) is 2.96. The van der Waals surface area contributed by atoms with Gasteiger partial charge in [0, 0.05) is 25.7 Å². The SMILES string of the molecule is OCCC1CCN1Cc1ccccc1. The van der Waals surface area contributed by atoms with Gasteiger partial charge in [0.05, 0.1) is 0 Å². The van der Waals surface area contributed by atoms with E-state index in [0.717, 1.165) is 13.0 Å². The van der Waals surface area contributed by atoms with Crippen molar-refractivity contribution < 1.29 is 5.11 Å². The predicted molar refractivity (Wildman–Crippen MR) is 57.0 cm³/mol. The van der Waals surface area contributed by atoms with E-state index >= 15 is 0 Å². The molecule has 1 N–H and O–H groups in total. The zero-order valence-corrected chi connectivity index (χ0v) is 8.39. The van der Waals surface area contributed by atoms with Crippen LogP contribution in [0.3, 0.4) is 0 Å². The lowest BCUT2D eigenvalue weighted by atomic mass is 9.99. The Kier molecular flexibility index (Phi) is 3.17. The lowest BCUT2D eigenvalue weighted by molar-refractivity contribution is 0.0608. The van der Waals surface area contributed by atoms with Crippen molar-refractivity contribution in [1.29, 1.82) is 0 Å². The quantitative estimate of drug-likeness (QED) is 0.782. The summed E-state index contributed by atoms with van der Waals surface area (Å²) in [5.41, 5.74) is 1.37. The maximum absolute atomic E-state index is 8.86. The number of benzene rings is 1. The Morgan fingerprint density at radius 1 is 1.29 bits per heavy atom. The number of rotatable bonds is 4. The van der Waals surface area contributed by atoms with Crippen LogP contribution in [0.5, 0.6) is 0 Å². The highest BCUT2D eigenvalue weighted by Crippen LogP contribution is 2.22. The monoisotopic (exact) mass is 191 g/mol. The van der Waals surface area contributed by atoms with E-state index in [4.69, 9.17) is 5.11 Å². The van der Waals surface area contributed by atoms with Crippen molar-refractivity contribution in [2.24, 2.45) is 0 Å². The standard InChI is InChI=1S/C12H17NO/c14-9-7-12-6-8-13(12)10-11-4-2-1-3-5-11/h1-5,12,14H,6-10H2. The summed E-state index contributed by atoms with van der Waals surface area (Å²) in [4.78, 5) is 2.44. The first-order valence-electron chi connectivity index (χ1n) is 5.29. The molecule has 0 aromatic heterocycles. The Labute approximate surface area is 85.2 Å². The number of aliphatic hydroxyl groups excluding tert-OH is 1. The normalized spacial score (nSPS) is 21.9. The first-order valence-corrected chi connectivity index (χ1v) is 5.29. The van der Waals surface area contributed by atoms with E-state index in [2.05, 4.69) is 29.2 Å². The molecule has 1 saturated heterocycles. The summed E-state index contributed by atoms with van der Waals surface area (Å²) in [5.74, 6) is 0. The van der Waals surface area contributed by atoms with Gasteiger partial charge in [-0.15, -0.1) is 0 Å². The lowest BCUT2D eigenvalue weighted by Gasteiger charge is -2.41. The van der Waals surface area contributed by atoms with E-state index in [0.29, 0.717) is 12.6 Å². The van der Waals surface area contributed by atoms with E-state index in [-0.39, 0.29) is 0 Å². The second-order valence-electron chi connectivity index (χ2n) is 3.91. The van der Waals surface area contributed by atoms with Gasteiger partial charge in [-0.3, -0.25) is 4.90 Å². The summed E-state index contributed by atoms with van der Waals surface area (Å²) in [7, 11) is 0. The lowest BCUT2D eigenvalue weighted by Crippen LogP contribution is -2.47. The Bertz CT molecular complexity index is 273. The minimum absolute atomic E-state index is 0.315. The van der Waals surface area contributed by atoms with Gasteiger partial charge in [-0.25, -0.2) is 0 Å². The van der Waals surface area contributed by atoms with Crippen LogP contribution in [-0.4, -0.2) is 29.2 Å². The molecule has 1 aromatic rings. The molecule has 0 bridgehead atoms. The maximum atomic E-state index is 8.86. The van der Waals surface area contributed by atoms with Crippen molar-refractivity contribution >= 4 is 0 Å². The molecular weight excluding hydrogens is 174 g/mol. The van der Waals surface area contributed by atoms with Crippen molar-refractivity contribution in [1.82, 2.24) is 4.90 Å². The van der Waals surface area contributed by atoms with Gasteiger partial charge in [-0.1, -0.05) is 30.3 Å². The van der Waals surface area contributed by atoms with E-state index in [1.807, 2.05) is 6.07 Å². The van der Waals surface area contributed by atoms with E-state index in [1.165, 1.54) is 18.5 Å². The first kappa shape index (κ1) is 9.69. The average Bonchev–Trinajstić information content (AvgIpc) is 2.23. The van der Waals surface area contributed by atoms with Crippen molar-refractivity contribution in [3.8, 4) is 0 Å². The van der Waals surface area contributed by atoms with Gasteiger partial charge in [0.2, 0.25) is 0 Å². The third-order valence-corrected chi connectivity index (χ3v) is 2.96. The van der Waals surface area contributed by atoms with Crippen LogP contribution in [0.4, 0.5) is 0 Å². The van der Waals surface area contributed by atoms with Gasteiger partial charge in [0.1, 0.15) is 0 Å². The molecule has 1 aliphatic rings. The number of hydrogen-bond donors (Lipinski definition) is 1. The van der Waals surface area contributed by atoms with Crippen molar-refractivity contribution in [2.45, 2.75) is 25.4 Å². The van der Waals surface area contributed by atoms with Gasteiger partial charge in [0.25, 0.3) is 0 Å². The summed E-state index contributed by atoms with van der Waals surface area (Å²) in [6, 6.07) is 11.1. The van der Waals surface area contributed by atoms with Crippen LogP contribution in [0.2, 0.25) is 0 Å². The zero-order valence-electron chi connectivity index (χ0n) is 8.39. The molecule has 1 heterocycles. The van der Waals surface area contributed by atoms with Gasteiger partial charge >= 0.3 is 0 Å². The second-order valence-corrected chi connectivity index (χ2v) is 3.91. The molecule has 2 heteroatoms. The molecule has 1 aromatic carbocycles. The van der Waals surface area contributed by atoms with Gasteiger partial charge in [0.15, 0.2) is 0 Å². The minimum Gasteiger partial charge on any atom is -0.396 e. The van der Waals surface area contributed by atoms with E-state index in [1.54, 1.807) is 0 Å². The molecule has 76 valence electrons. The van der Waals surface area contributed by atoms with E-state index in [9.17, 15) is 0 Å². The molecule has 0 aliphatic carbocycles. The molecule has 1 unspecified atom stereocenters. The van der Waals surface area contributed by atoms with Crippen LogP contribution in [0.15, 0.2) is 30.3 Å². The molecule has 1 fully saturated rings. The molecular formula is C12H17NO. The fraction of sp³-hybridized carbons (Fsp3) is 0.500. The molecule has 1 atom stereocenters. The topological polar surface area (TPSA) is 23.5 Å². The molecule has 0 radical (unpaired) electrons. The highest BCUT2D eigenvalue weighted by atomic mass is 16.3. The Morgan fingerprint density at radius 3 is 2.64 bits per heavy atom. The molecule has 0 saturated carbocycles. The zero-order chi connectivity index (χ0) is 9.80. The Balaban J connectivity index is 1.86. The highest BCUT2D eigenvalue weighted by Gasteiger charge is 2.26. The van der Waals surface area contributed by atoms with E-state index < -0.39 is 0 Å². The van der Waals surface area contributed by atoms with Crippen molar-refractivity contribution in [2.75, 3.05) is 13.2 Å². The van der Waals surface area contributed by atoms with Gasteiger partial charge in [-0.2, -0.15) is 0 Å². The average molecular weight is 191 g/mol. The number of nitrogens with zero attached hydrogens (tertiary/aromatic N) is 1. The van der Waals surface area contributed by atoms with Crippen LogP contribution >= 0.6 is 0 Å². The Morgan fingerprint density at radius 2 is 2.07 bits per heavy atom. The van der Waals surface area contributed by atoms with Gasteiger partial charge in [-0.05, 0) is 18.4 Å². The number of likely N-dealkylation sites (tertiary alicyclic amines) is 1. The maximum Gasteiger partial charge on any atom is 0.0445 e. The summed E-state index contributed by atoms with van der Waals surface area (Å²) in [6.45, 7) is 2.53. The Hall–Kier alpha value is -0.860. The summed E-state index contributed by atoms with van der Waals surface area (Å²) >= 11 is 0. The molecule has 1 aliphatic heterocycles. The smallest absolute Gasteiger partial charge is 0.0445 e. The highest BCUT2D eigenvalue weighted by molar-refractivity contribution is 5.15. The number of hydrogen-bond acceptors (Lipinski definition) is 2. The van der Waals surface area contributed by atoms with Crippen LogP contribution < -0.4 is 0 Å². The summed E-state index contributed by atoms with van der Waals surface area (Å²) in [6.07, 6.45) is 2.17. The third kappa shape index (κ3) is 2.14. The fourth-order valence-corrected chi connectivity index (χ4v) is 2.00. The minimum atomic E-state index is 0.315. The van der Waals surface area contributed by atoms with Crippen LogP contribution in [0.25, 0.3) is 0 Å². The van der Waals surface area contributed by atoms with Crippen molar-refractivity contribution in [3.05, 3.63) is 35.9 Å². The van der Waals surface area contributed by atoms with Crippen LogP contribution in [0.1, 0.15) is 18.4 Å². The van der Waals surface area contributed by atoms with Gasteiger partial charge < -0.3 is 5.11 Å². The fourth-order valence-electron chi connectivity index (χ4n) is 2.00. The molecule has 0 amide bonds. The predicted octanol–water partition coefficient (Wildman–Crippen LogP) is 1.64. The summed E-state index contributed by atoms with van der Waals surface area (Å²) in [5, 5.41) is 8.86. The second kappa shape index (κ2) is 4.58.